The number of rotatable bonds is 4. The van der Waals surface area contributed by atoms with Gasteiger partial charge in [0.2, 0.25) is 0 Å². The van der Waals surface area contributed by atoms with Crippen LogP contribution in [0.2, 0.25) is 0 Å². The van der Waals surface area contributed by atoms with Gasteiger partial charge in [-0.1, -0.05) is 17.2 Å². The second-order valence-electron chi connectivity index (χ2n) is 3.07. The van der Waals surface area contributed by atoms with Gasteiger partial charge in [0, 0.05) is 4.91 Å². The molecule has 0 saturated heterocycles. The van der Waals surface area contributed by atoms with E-state index in [1.165, 1.54) is 0 Å². The van der Waals surface area contributed by atoms with Crippen molar-refractivity contribution in [2.75, 3.05) is 0 Å². The van der Waals surface area contributed by atoms with Crippen LogP contribution in [0, 0.1) is 11.3 Å². The summed E-state index contributed by atoms with van der Waals surface area (Å²) in [4.78, 5) is 13.2. The third kappa shape index (κ3) is 3.01. The third-order valence-corrected chi connectivity index (χ3v) is 1.99. The van der Waals surface area contributed by atoms with E-state index in [0.717, 1.165) is 0 Å². The van der Waals surface area contributed by atoms with E-state index >= 15 is 0 Å². The summed E-state index contributed by atoms with van der Waals surface area (Å²) >= 11 is 0. The maximum absolute atomic E-state index is 10.7. The van der Waals surface area contributed by atoms with E-state index in [9.17, 15) is 4.79 Å². The Morgan fingerprint density at radius 3 is 2.62 bits per heavy atom. The van der Waals surface area contributed by atoms with Crippen molar-refractivity contribution < 1.29 is 9.90 Å². The van der Waals surface area contributed by atoms with Gasteiger partial charge in [0.05, 0.1) is 11.6 Å². The highest BCUT2D eigenvalue weighted by molar-refractivity contribution is 5.74. The first-order valence-electron chi connectivity index (χ1n) is 4.43. The molecular formula is C10H8N4O2. The molecule has 0 fully saturated rings. The number of nitriles is 1. The number of carboxylic acids is 1. The third-order valence-electron chi connectivity index (χ3n) is 1.99. The average Bonchev–Trinajstić information content (AvgIpc) is 2.29. The summed E-state index contributed by atoms with van der Waals surface area (Å²) in [7, 11) is 0. The minimum Gasteiger partial charge on any atom is -0.481 e. The normalized spacial score (nSPS) is 10.9. The molecule has 6 heteroatoms. The molecule has 0 aromatic heterocycles. The quantitative estimate of drug-likeness (QED) is 0.471. The number of carbonyl (C=O) groups is 1. The molecule has 0 saturated carbocycles. The zero-order valence-corrected chi connectivity index (χ0v) is 8.24. The summed E-state index contributed by atoms with van der Waals surface area (Å²) in [6, 6.07) is 7.30. The Morgan fingerprint density at radius 1 is 1.56 bits per heavy atom. The highest BCUT2D eigenvalue weighted by Crippen LogP contribution is 2.08. The second kappa shape index (κ2) is 5.39. The fraction of sp³-hybridized carbons (Fsp3) is 0.200. The van der Waals surface area contributed by atoms with Crippen LogP contribution in [0.25, 0.3) is 10.4 Å². The molecule has 1 aromatic carbocycles. The number of carboxylic acid groups (broad SMARTS) is 1. The van der Waals surface area contributed by atoms with Crippen molar-refractivity contribution in [3.05, 3.63) is 45.8 Å². The summed E-state index contributed by atoms with van der Waals surface area (Å²) in [6.45, 7) is 0. The lowest BCUT2D eigenvalue weighted by Crippen LogP contribution is -2.19. The maximum atomic E-state index is 10.7. The van der Waals surface area contributed by atoms with Crippen molar-refractivity contribution >= 4 is 5.97 Å². The van der Waals surface area contributed by atoms with E-state index in [1.54, 1.807) is 24.3 Å². The van der Waals surface area contributed by atoms with Crippen LogP contribution in [0.5, 0.6) is 0 Å². The van der Waals surface area contributed by atoms with Crippen molar-refractivity contribution in [2.45, 2.75) is 12.5 Å². The summed E-state index contributed by atoms with van der Waals surface area (Å²) in [6.07, 6.45) is 0.116. The molecule has 0 bridgehead atoms. The lowest BCUT2D eigenvalue weighted by atomic mass is 10.1. The Balaban J connectivity index is 2.82. The van der Waals surface area contributed by atoms with E-state index < -0.39 is 12.0 Å². The number of azide groups is 1. The Labute approximate surface area is 91.4 Å². The van der Waals surface area contributed by atoms with E-state index in [4.69, 9.17) is 15.9 Å². The monoisotopic (exact) mass is 216 g/mol. The standard InChI is InChI=1S/C10H8N4O2/c11-6-8-3-1-7(2-4-8)5-9(10(15)16)13-14-12/h1-4,9H,5H2,(H,15,16)/t9-/m0/s1. The van der Waals surface area contributed by atoms with Gasteiger partial charge in [-0.2, -0.15) is 5.26 Å². The summed E-state index contributed by atoms with van der Waals surface area (Å²) < 4.78 is 0. The number of hydrogen-bond donors (Lipinski definition) is 1. The molecule has 0 aliphatic rings. The van der Waals surface area contributed by atoms with Crippen LogP contribution in [0.1, 0.15) is 11.1 Å². The molecule has 6 nitrogen and oxygen atoms in total. The van der Waals surface area contributed by atoms with Crippen molar-refractivity contribution in [1.29, 1.82) is 5.26 Å². The van der Waals surface area contributed by atoms with Gasteiger partial charge in [-0.05, 0) is 29.6 Å². The molecule has 1 N–H and O–H groups in total. The van der Waals surface area contributed by atoms with E-state index in [-0.39, 0.29) is 6.42 Å². The van der Waals surface area contributed by atoms with Crippen molar-refractivity contribution in [1.82, 2.24) is 0 Å². The Hall–Kier alpha value is -2.51. The van der Waals surface area contributed by atoms with Gasteiger partial charge in [-0.3, -0.25) is 4.79 Å². The van der Waals surface area contributed by atoms with Gasteiger partial charge >= 0.3 is 5.97 Å². The Morgan fingerprint density at radius 2 is 2.19 bits per heavy atom. The molecule has 0 amide bonds. The predicted octanol–water partition coefficient (Wildman–Crippen LogP) is 1.86. The highest BCUT2D eigenvalue weighted by Gasteiger charge is 2.15. The number of nitrogens with zero attached hydrogens (tertiary/aromatic N) is 4. The first kappa shape index (κ1) is 11.6. The molecule has 0 radical (unpaired) electrons. The molecule has 0 unspecified atom stereocenters. The molecule has 0 aliphatic heterocycles. The Kier molecular flexibility index (Phi) is 3.90. The maximum Gasteiger partial charge on any atom is 0.312 e. The van der Waals surface area contributed by atoms with E-state index in [0.29, 0.717) is 11.1 Å². The topological polar surface area (TPSA) is 110 Å². The molecule has 1 atom stereocenters. The van der Waals surface area contributed by atoms with Crippen LogP contribution < -0.4 is 0 Å². The second-order valence-corrected chi connectivity index (χ2v) is 3.07. The molecule has 80 valence electrons. The first-order chi connectivity index (χ1) is 7.67. The zero-order valence-electron chi connectivity index (χ0n) is 8.24. The highest BCUT2D eigenvalue weighted by atomic mass is 16.4. The lowest BCUT2D eigenvalue weighted by molar-refractivity contribution is -0.138. The van der Waals surface area contributed by atoms with E-state index in [2.05, 4.69) is 10.0 Å². The molecule has 0 heterocycles. The van der Waals surface area contributed by atoms with Crippen LogP contribution >= 0.6 is 0 Å². The lowest BCUT2D eigenvalue weighted by Gasteiger charge is -2.05. The number of hydrogen-bond acceptors (Lipinski definition) is 3. The molecule has 1 aromatic rings. The van der Waals surface area contributed by atoms with Gasteiger partial charge in [0.15, 0.2) is 0 Å². The van der Waals surface area contributed by atoms with Crippen molar-refractivity contribution in [3.8, 4) is 6.07 Å². The molecule has 1 rings (SSSR count). The average molecular weight is 216 g/mol. The minimum absolute atomic E-state index is 0.116. The van der Waals surface area contributed by atoms with Crippen LogP contribution in [0.4, 0.5) is 0 Å². The van der Waals surface area contributed by atoms with E-state index in [1.807, 2.05) is 6.07 Å². The predicted molar refractivity (Wildman–Crippen MR) is 55.4 cm³/mol. The SMILES string of the molecule is N#Cc1ccc(C[C@H](N=[N+]=[N-])C(=O)O)cc1. The largest absolute Gasteiger partial charge is 0.481 e. The smallest absolute Gasteiger partial charge is 0.312 e. The van der Waals surface area contributed by atoms with Crippen LogP contribution in [-0.4, -0.2) is 17.1 Å². The van der Waals surface area contributed by atoms with Gasteiger partial charge in [0.1, 0.15) is 6.04 Å². The van der Waals surface area contributed by atoms with Crippen LogP contribution in [-0.2, 0) is 11.2 Å². The summed E-state index contributed by atoms with van der Waals surface area (Å²) in [5, 5.41) is 20.5. The van der Waals surface area contributed by atoms with Crippen LogP contribution in [0.15, 0.2) is 29.4 Å². The van der Waals surface area contributed by atoms with Crippen LogP contribution in [0.3, 0.4) is 0 Å². The van der Waals surface area contributed by atoms with Gasteiger partial charge < -0.3 is 5.11 Å². The molecular weight excluding hydrogens is 208 g/mol. The number of aliphatic carboxylic acids is 1. The fourth-order valence-corrected chi connectivity index (χ4v) is 1.18. The fourth-order valence-electron chi connectivity index (χ4n) is 1.18. The van der Waals surface area contributed by atoms with Gasteiger partial charge in [-0.15, -0.1) is 0 Å². The Bertz CT molecular complexity index is 467. The van der Waals surface area contributed by atoms with Gasteiger partial charge in [-0.25, -0.2) is 0 Å². The zero-order chi connectivity index (χ0) is 12.0. The number of benzene rings is 1. The van der Waals surface area contributed by atoms with Crippen molar-refractivity contribution in [2.24, 2.45) is 5.11 Å². The summed E-state index contributed by atoms with van der Waals surface area (Å²) in [5.74, 6) is -1.16. The molecule has 0 aliphatic carbocycles. The molecule has 16 heavy (non-hydrogen) atoms. The van der Waals surface area contributed by atoms with Gasteiger partial charge in [0.25, 0.3) is 0 Å². The summed E-state index contributed by atoms with van der Waals surface area (Å²) in [5.41, 5.74) is 9.40. The first-order valence-corrected chi connectivity index (χ1v) is 4.43. The van der Waals surface area contributed by atoms with Crippen molar-refractivity contribution in [3.63, 3.8) is 0 Å². The minimum atomic E-state index is -1.16. The molecule has 0 spiro atoms.